The van der Waals surface area contributed by atoms with Gasteiger partial charge in [0.05, 0.1) is 0 Å². The fourth-order valence-corrected chi connectivity index (χ4v) is 5.87. The van der Waals surface area contributed by atoms with Crippen LogP contribution in [0.5, 0.6) is 0 Å². The summed E-state index contributed by atoms with van der Waals surface area (Å²) in [6.45, 7) is 0. The molecule has 1 nitrogen and oxygen atoms in total. The molecule has 10 heteroatoms. The largest absolute Gasteiger partial charge is 0.310 e. The lowest BCUT2D eigenvalue weighted by Crippen LogP contribution is -2.48. The van der Waals surface area contributed by atoms with E-state index in [1.54, 1.807) is 0 Å². The number of benzene rings is 4. The summed E-state index contributed by atoms with van der Waals surface area (Å²) in [6, 6.07) is 15.3. The van der Waals surface area contributed by atoms with Gasteiger partial charge in [0.25, 0.3) is 0 Å². The Kier molecular flexibility index (Phi) is 5.71. The second-order valence-electron chi connectivity index (χ2n) is 9.53. The van der Waals surface area contributed by atoms with Crippen molar-refractivity contribution in [1.29, 1.82) is 0 Å². The molecule has 0 unspecified atom stereocenters. The molecule has 0 saturated carbocycles. The van der Waals surface area contributed by atoms with Crippen molar-refractivity contribution in [3.8, 4) is 16.8 Å². The van der Waals surface area contributed by atoms with Crippen molar-refractivity contribution in [1.82, 2.24) is 4.57 Å². The highest BCUT2D eigenvalue weighted by Gasteiger charge is 2.23. The fourth-order valence-electron chi connectivity index (χ4n) is 5.38. The zero-order chi connectivity index (χ0) is 24.5. The van der Waals surface area contributed by atoms with E-state index >= 15 is 0 Å². The quantitative estimate of drug-likeness (QED) is 0.215. The minimum atomic E-state index is -0.213. The van der Waals surface area contributed by atoms with E-state index in [0.717, 1.165) is 16.8 Å². The molecule has 1 heterocycles. The lowest BCUT2D eigenvalue weighted by molar-refractivity contribution is 0.628. The molecule has 4 aromatic carbocycles. The molecule has 0 fully saturated rings. The van der Waals surface area contributed by atoms with E-state index < -0.39 is 0 Å². The number of fused-ring (bicyclic) bond motifs is 3. The lowest BCUT2D eigenvalue weighted by atomic mass is 9.65. The van der Waals surface area contributed by atoms with Gasteiger partial charge in [-0.15, -0.1) is 5.46 Å². The minimum Gasteiger partial charge on any atom is -0.310 e. The summed E-state index contributed by atoms with van der Waals surface area (Å²) < 4.78 is 17.1. The summed E-state index contributed by atoms with van der Waals surface area (Å²) in [5.74, 6) is -0.213. The molecule has 0 aliphatic heterocycles. The number of aromatic nitrogens is 1. The monoisotopic (exact) mass is 499 g/mol. The minimum absolute atomic E-state index is 0.213. The van der Waals surface area contributed by atoms with Crippen LogP contribution >= 0.6 is 15.9 Å². The van der Waals surface area contributed by atoms with Crippen LogP contribution in [0.3, 0.4) is 0 Å². The summed E-state index contributed by atoms with van der Waals surface area (Å²) in [6.07, 6.45) is 0. The summed E-state index contributed by atoms with van der Waals surface area (Å²) in [5, 5.41) is 2.68. The Balaban J connectivity index is 1.91. The fraction of sp³-hybridized carbons (Fsp3) is 0. The van der Waals surface area contributed by atoms with Crippen molar-refractivity contribution in [2.45, 2.75) is 0 Å². The van der Waals surface area contributed by atoms with E-state index in [4.69, 9.17) is 0 Å². The summed E-state index contributed by atoms with van der Waals surface area (Å²) in [5.41, 5.74) is 15.0. The predicted octanol–water partition coefficient (Wildman–Crippen LogP) is -4.84. The van der Waals surface area contributed by atoms with Gasteiger partial charge in [0.2, 0.25) is 0 Å². The van der Waals surface area contributed by atoms with Crippen molar-refractivity contribution in [3.05, 3.63) is 58.8 Å². The molecule has 0 atom stereocenters. The van der Waals surface area contributed by atoms with Crippen LogP contribution in [-0.4, -0.2) is 59.5 Å². The standard InChI is InChI=1S/C24H22B7BrFN/c25-15-13-14-16(26)22(32)19(29)21(31)24(14)34(23(13)20(30)18(28)17(15)27)12-7-3-10(4-8-12)9-1-5-11(33)6-2-9/h1-8H,25-31H2. The Bertz CT molecular complexity index is 1550. The van der Waals surface area contributed by atoms with Gasteiger partial charge in [0, 0.05) is 26.6 Å². The predicted molar refractivity (Wildman–Crippen MR) is 171 cm³/mol. The van der Waals surface area contributed by atoms with E-state index in [1.165, 1.54) is 76.7 Å². The van der Waals surface area contributed by atoms with Gasteiger partial charge in [0.15, 0.2) is 0 Å². The number of hydrogen-bond donors (Lipinski definition) is 0. The topological polar surface area (TPSA) is 4.93 Å². The molecule has 1 aromatic heterocycles. The first-order valence-corrected chi connectivity index (χ1v) is 12.5. The number of rotatable bonds is 2. The molecule has 0 radical (unpaired) electrons. The molecule has 0 aliphatic carbocycles. The van der Waals surface area contributed by atoms with Crippen molar-refractivity contribution >= 4 is 131 Å². The Morgan fingerprint density at radius 2 is 0.971 bits per heavy atom. The second-order valence-corrected chi connectivity index (χ2v) is 10.3. The molecule has 158 valence electrons. The average Bonchev–Trinajstić information content (AvgIpc) is 3.20. The lowest BCUT2D eigenvalue weighted by Gasteiger charge is -2.17. The van der Waals surface area contributed by atoms with Gasteiger partial charge in [-0.1, -0.05) is 73.0 Å². The highest BCUT2D eigenvalue weighted by molar-refractivity contribution is 9.10. The van der Waals surface area contributed by atoms with Crippen LogP contribution in [0.15, 0.2) is 53.0 Å². The van der Waals surface area contributed by atoms with Crippen molar-refractivity contribution in [2.24, 2.45) is 0 Å². The molecule has 0 saturated heterocycles. The Morgan fingerprint density at radius 1 is 0.529 bits per heavy atom. The van der Waals surface area contributed by atoms with Crippen molar-refractivity contribution in [3.63, 3.8) is 0 Å². The van der Waals surface area contributed by atoms with Gasteiger partial charge in [-0.05, 0) is 40.8 Å². The molecule has 0 amide bonds. The Morgan fingerprint density at radius 3 is 1.53 bits per heavy atom. The smallest absolute Gasteiger partial charge is 0.141 e. The van der Waals surface area contributed by atoms with E-state index in [0.29, 0.717) is 0 Å². The van der Waals surface area contributed by atoms with Gasteiger partial charge in [-0.3, -0.25) is 0 Å². The van der Waals surface area contributed by atoms with Crippen LogP contribution in [0.25, 0.3) is 38.6 Å². The first-order valence-electron chi connectivity index (χ1n) is 11.7. The average molecular weight is 499 g/mol. The van der Waals surface area contributed by atoms with Gasteiger partial charge >= 0.3 is 0 Å². The van der Waals surface area contributed by atoms with Crippen LogP contribution in [0.1, 0.15) is 0 Å². The van der Waals surface area contributed by atoms with E-state index in [9.17, 15) is 4.39 Å². The molecule has 34 heavy (non-hydrogen) atoms. The first-order chi connectivity index (χ1) is 16.1. The maximum atomic E-state index is 13.4. The van der Waals surface area contributed by atoms with Crippen LogP contribution < -0.4 is 38.2 Å². The molecule has 5 rings (SSSR count). The van der Waals surface area contributed by atoms with E-state index in [1.807, 2.05) is 12.1 Å². The Hall–Kier alpha value is -2.46. The highest BCUT2D eigenvalue weighted by Crippen LogP contribution is 2.29. The van der Waals surface area contributed by atoms with Crippen LogP contribution in [0.2, 0.25) is 0 Å². The van der Waals surface area contributed by atoms with Gasteiger partial charge in [0.1, 0.15) is 60.7 Å². The number of nitrogens with zero attached hydrogens (tertiary/aromatic N) is 1. The van der Waals surface area contributed by atoms with Gasteiger partial charge in [-0.2, -0.15) is 0 Å². The molecule has 0 aliphatic rings. The van der Waals surface area contributed by atoms with Crippen LogP contribution in [0.4, 0.5) is 4.39 Å². The SMILES string of the molecule is Bc1c(B)c(B)c2c(c1B)c1c(B)c(Br)c(B)c(B)c1n2-c1ccc(-c2ccc(F)cc2)cc1. The van der Waals surface area contributed by atoms with E-state index in [-0.39, 0.29) is 5.82 Å². The first kappa shape index (κ1) is 23.3. The molecular weight excluding hydrogens is 477 g/mol. The van der Waals surface area contributed by atoms with Gasteiger partial charge < -0.3 is 4.57 Å². The molecule has 0 N–H and O–H groups in total. The zero-order valence-corrected chi connectivity index (χ0v) is 22.4. The maximum Gasteiger partial charge on any atom is 0.141 e. The maximum absolute atomic E-state index is 13.4. The van der Waals surface area contributed by atoms with E-state index in [2.05, 4.69) is 99.7 Å². The third-order valence-electron chi connectivity index (χ3n) is 7.84. The third-order valence-corrected chi connectivity index (χ3v) is 9.03. The highest BCUT2D eigenvalue weighted by atomic mass is 79.9. The van der Waals surface area contributed by atoms with Crippen molar-refractivity contribution < 1.29 is 4.39 Å². The molecular formula is C24H22B7BrFN. The molecule has 0 bridgehead atoms. The summed E-state index contributed by atoms with van der Waals surface area (Å²) in [4.78, 5) is 0. The van der Waals surface area contributed by atoms with Crippen LogP contribution in [0, 0.1) is 5.82 Å². The Labute approximate surface area is 214 Å². The van der Waals surface area contributed by atoms with Crippen LogP contribution in [-0.2, 0) is 0 Å². The molecule has 5 aromatic rings. The zero-order valence-electron chi connectivity index (χ0n) is 20.8. The summed E-state index contributed by atoms with van der Waals surface area (Å²) >= 11 is 3.88. The van der Waals surface area contributed by atoms with Gasteiger partial charge in [-0.25, -0.2) is 4.39 Å². The van der Waals surface area contributed by atoms with Crippen molar-refractivity contribution in [2.75, 3.05) is 0 Å². The number of halogens is 2. The number of hydrogen-bond acceptors (Lipinski definition) is 0. The normalized spacial score (nSPS) is 11.5. The third kappa shape index (κ3) is 3.29. The molecule has 0 spiro atoms. The second kappa shape index (κ2) is 8.34. The summed E-state index contributed by atoms with van der Waals surface area (Å²) in [7, 11) is 15.6.